The molecule has 49 heavy (non-hydrogen) atoms. The molecule has 1 amide bonds. The number of hydrogen-bond donors (Lipinski definition) is 7. The lowest BCUT2D eigenvalue weighted by atomic mass is 9.52. The first-order valence-electron chi connectivity index (χ1n) is 17.3. The summed E-state index contributed by atoms with van der Waals surface area (Å²) in [7, 11) is 0. The highest BCUT2D eigenvalue weighted by molar-refractivity contribution is 5.97. The molecule has 7 unspecified atom stereocenters. The van der Waals surface area contributed by atoms with Gasteiger partial charge in [0, 0.05) is 35.5 Å². The molecule has 2 aliphatic carbocycles. The van der Waals surface area contributed by atoms with Gasteiger partial charge >= 0.3 is 6.09 Å². The van der Waals surface area contributed by atoms with Crippen LogP contribution in [0.25, 0.3) is 0 Å². The predicted octanol–water partition coefficient (Wildman–Crippen LogP) is 4.61. The number of carbonyl (C=O) groups excluding carboxylic acids is 2. The van der Waals surface area contributed by atoms with Crippen LogP contribution in [0.15, 0.2) is 76.9 Å². The van der Waals surface area contributed by atoms with Crippen molar-refractivity contribution in [1.29, 1.82) is 0 Å². The molecule has 268 valence electrons. The maximum atomic E-state index is 13.9. The zero-order valence-corrected chi connectivity index (χ0v) is 29.2. The van der Waals surface area contributed by atoms with Crippen LogP contribution in [0.2, 0.25) is 0 Å². The molecule has 4 rings (SSSR count). The first kappa shape index (κ1) is 38.4. The second kappa shape index (κ2) is 16.1. The van der Waals surface area contributed by atoms with Crippen LogP contribution in [0.1, 0.15) is 89.9 Å². The summed E-state index contributed by atoms with van der Waals surface area (Å²) in [5, 5.41) is 57.5. The van der Waals surface area contributed by atoms with E-state index in [1.54, 1.807) is 50.3 Å². The number of ether oxygens (including phenoxy) is 1. The van der Waals surface area contributed by atoms with Crippen molar-refractivity contribution in [3.63, 3.8) is 0 Å². The Morgan fingerprint density at radius 1 is 1.22 bits per heavy atom. The molecule has 1 heterocycles. The van der Waals surface area contributed by atoms with Gasteiger partial charge in [-0.1, -0.05) is 60.2 Å². The quantitative estimate of drug-likeness (QED) is 0.0890. The van der Waals surface area contributed by atoms with Crippen molar-refractivity contribution >= 4 is 11.9 Å². The van der Waals surface area contributed by atoms with E-state index in [-0.39, 0.29) is 31.2 Å². The summed E-state index contributed by atoms with van der Waals surface area (Å²) in [5.74, 6) is -0.759. The van der Waals surface area contributed by atoms with E-state index in [0.29, 0.717) is 72.8 Å². The number of Topliss-reactive ketones (excluding diaryl/α,β-unsaturated/α-hetero) is 1. The topological polar surface area (TPSA) is 183 Å². The first-order chi connectivity index (χ1) is 23.2. The van der Waals surface area contributed by atoms with Crippen LogP contribution in [-0.2, 0) is 11.2 Å². The number of hydrogen-bond acceptors (Lipinski definition) is 9. The maximum Gasteiger partial charge on any atom is 0.414 e. The van der Waals surface area contributed by atoms with Gasteiger partial charge in [0.05, 0.1) is 24.4 Å². The van der Waals surface area contributed by atoms with Crippen molar-refractivity contribution < 1.29 is 39.9 Å². The Balaban J connectivity index is 1.66. The monoisotopic (exact) mass is 678 g/mol. The van der Waals surface area contributed by atoms with E-state index in [1.165, 1.54) is 0 Å². The Morgan fingerprint density at radius 2 is 1.96 bits per heavy atom. The SMILES string of the molecule is C=C(C=CC=C(CO)C1CCC2(C(CCCO)C(=C(C)C(=O)Cc3cccc4c3OC(=O)NC4N)CCC2(C)O)C1O)C(O)CC=C(C)C. The van der Waals surface area contributed by atoms with E-state index in [0.717, 1.165) is 11.1 Å². The predicted molar refractivity (Wildman–Crippen MR) is 188 cm³/mol. The first-order valence-corrected chi connectivity index (χ1v) is 17.3. The van der Waals surface area contributed by atoms with Gasteiger partial charge in [0.1, 0.15) is 11.9 Å². The van der Waals surface area contributed by atoms with Gasteiger partial charge in [-0.25, -0.2) is 4.79 Å². The number of fused-ring (bicyclic) bond motifs is 1. The van der Waals surface area contributed by atoms with Gasteiger partial charge < -0.3 is 41.3 Å². The summed E-state index contributed by atoms with van der Waals surface area (Å²) in [6, 6.07) is 5.24. The highest BCUT2D eigenvalue weighted by Crippen LogP contribution is 2.63. The van der Waals surface area contributed by atoms with Crippen LogP contribution in [0, 0.1) is 17.3 Å². The number of rotatable bonds is 13. The molecule has 1 aromatic carbocycles. The number of benzene rings is 1. The number of amides is 1. The molecule has 0 bridgehead atoms. The lowest BCUT2D eigenvalue weighted by Gasteiger charge is -2.55. The third kappa shape index (κ3) is 8.01. The van der Waals surface area contributed by atoms with Crippen molar-refractivity contribution in [2.45, 2.75) is 103 Å². The van der Waals surface area contributed by atoms with E-state index in [4.69, 9.17) is 10.5 Å². The molecule has 0 radical (unpaired) electrons. The lowest BCUT2D eigenvalue weighted by molar-refractivity contribution is -0.167. The Kier molecular flexibility index (Phi) is 12.6. The second-order valence-electron chi connectivity index (χ2n) is 14.3. The highest BCUT2D eigenvalue weighted by Gasteiger charge is 2.64. The fraction of sp³-hybridized carbons (Fsp3) is 0.538. The number of allylic oxidation sites excluding steroid dienone is 5. The van der Waals surface area contributed by atoms with Crippen molar-refractivity contribution in [3.05, 3.63) is 88.1 Å². The van der Waals surface area contributed by atoms with Crippen molar-refractivity contribution in [2.75, 3.05) is 13.2 Å². The van der Waals surface area contributed by atoms with Crippen LogP contribution < -0.4 is 15.8 Å². The van der Waals surface area contributed by atoms with Crippen LogP contribution in [0.3, 0.4) is 0 Å². The molecular weight excluding hydrogens is 624 g/mol. The summed E-state index contributed by atoms with van der Waals surface area (Å²) < 4.78 is 5.43. The van der Waals surface area contributed by atoms with Crippen LogP contribution in [0.4, 0.5) is 4.79 Å². The summed E-state index contributed by atoms with van der Waals surface area (Å²) >= 11 is 0. The fourth-order valence-electron chi connectivity index (χ4n) is 8.19. The zero-order valence-electron chi connectivity index (χ0n) is 29.2. The minimum atomic E-state index is -1.29. The van der Waals surface area contributed by atoms with Crippen molar-refractivity contribution in [3.8, 4) is 5.75 Å². The molecule has 1 aromatic rings. The van der Waals surface area contributed by atoms with Gasteiger partial charge in [-0.2, -0.15) is 0 Å². The molecule has 2 fully saturated rings. The number of ketones is 1. The Labute approximate surface area is 289 Å². The zero-order chi connectivity index (χ0) is 36.1. The Bertz CT molecular complexity index is 1530. The van der Waals surface area contributed by atoms with Gasteiger partial charge in [0.2, 0.25) is 0 Å². The molecule has 2 saturated carbocycles. The molecule has 1 aliphatic heterocycles. The molecule has 7 atom stereocenters. The van der Waals surface area contributed by atoms with E-state index in [9.17, 15) is 35.1 Å². The summed E-state index contributed by atoms with van der Waals surface area (Å²) in [4.78, 5) is 26.0. The number of para-hydroxylation sites is 1. The molecule has 10 nitrogen and oxygen atoms in total. The van der Waals surface area contributed by atoms with Crippen molar-refractivity contribution in [1.82, 2.24) is 5.32 Å². The maximum absolute atomic E-state index is 13.9. The minimum Gasteiger partial charge on any atom is -0.410 e. The summed E-state index contributed by atoms with van der Waals surface area (Å²) in [6.45, 7) is 11.0. The number of carbonyl (C=O) groups is 2. The largest absolute Gasteiger partial charge is 0.414 e. The smallest absolute Gasteiger partial charge is 0.410 e. The normalized spacial score (nSPS) is 30.1. The second-order valence-corrected chi connectivity index (χ2v) is 14.3. The van der Waals surface area contributed by atoms with Gasteiger partial charge in [-0.3, -0.25) is 4.79 Å². The third-order valence-electron chi connectivity index (χ3n) is 11.0. The van der Waals surface area contributed by atoms with E-state index in [1.807, 2.05) is 19.9 Å². The number of aliphatic hydroxyl groups excluding tert-OH is 4. The highest BCUT2D eigenvalue weighted by atomic mass is 16.6. The fourth-order valence-corrected chi connectivity index (χ4v) is 8.19. The van der Waals surface area contributed by atoms with Gasteiger partial charge in [0.25, 0.3) is 0 Å². The van der Waals surface area contributed by atoms with E-state index >= 15 is 0 Å². The number of aliphatic hydroxyl groups is 5. The van der Waals surface area contributed by atoms with E-state index < -0.39 is 47.3 Å². The van der Waals surface area contributed by atoms with Crippen LogP contribution in [0.5, 0.6) is 5.75 Å². The standard InChI is InChI=1S/C39H54N2O8/c1-23(2)14-15-32(44)24(3)9-6-11-27(22-43)29-17-19-39(35(29)46)31(13-8-20-42)28(16-18-38(39,5)48)25(4)33(45)21-26-10-7-12-30-34(26)49-37(47)41-36(30)40/h6-7,9-12,14,29,31-32,35-36,42-44,46,48H,3,8,13,15-22,40H2,1-2,4-5H3,(H,41,47). The van der Waals surface area contributed by atoms with Crippen LogP contribution >= 0.6 is 0 Å². The average molecular weight is 679 g/mol. The molecule has 10 heteroatoms. The summed E-state index contributed by atoms with van der Waals surface area (Å²) in [5.41, 5.74) is 8.48. The van der Waals surface area contributed by atoms with Crippen molar-refractivity contribution in [2.24, 2.45) is 23.0 Å². The minimum absolute atomic E-state index is 0.0299. The molecule has 8 N–H and O–H groups in total. The molecular formula is C39H54N2O8. The number of nitrogens with one attached hydrogen (secondary N) is 1. The summed E-state index contributed by atoms with van der Waals surface area (Å²) in [6.07, 6.45) is 6.89. The molecule has 0 aromatic heterocycles. The van der Waals surface area contributed by atoms with Gasteiger partial charge in [0.15, 0.2) is 5.78 Å². The third-order valence-corrected chi connectivity index (χ3v) is 11.0. The Morgan fingerprint density at radius 3 is 2.63 bits per heavy atom. The van der Waals surface area contributed by atoms with Gasteiger partial charge in [-0.05, 0) is 95.3 Å². The number of nitrogens with two attached hydrogens (primary N) is 1. The van der Waals surface area contributed by atoms with Crippen LogP contribution in [-0.4, -0.2) is 68.4 Å². The van der Waals surface area contributed by atoms with E-state index in [2.05, 4.69) is 11.9 Å². The molecule has 1 spiro atoms. The Hall–Kier alpha value is -3.38. The van der Waals surface area contributed by atoms with Gasteiger partial charge in [-0.15, -0.1) is 0 Å². The lowest BCUT2D eigenvalue weighted by Crippen LogP contribution is -2.59. The average Bonchev–Trinajstić information content (AvgIpc) is 3.40. The molecule has 3 aliphatic rings. The molecule has 0 saturated heterocycles.